The fraction of sp³-hybridized carbons (Fsp3) is 0.0435. The summed E-state index contributed by atoms with van der Waals surface area (Å²) in [7, 11) is 1.27. The molecule has 2 heterocycles. The van der Waals surface area contributed by atoms with Crippen LogP contribution in [-0.2, 0) is 9.53 Å². The third kappa shape index (κ3) is 4.08. The molecule has 3 aromatic rings. The van der Waals surface area contributed by atoms with E-state index in [9.17, 15) is 14.4 Å². The Bertz CT molecular complexity index is 1280. The highest BCUT2D eigenvalue weighted by Crippen LogP contribution is 2.38. The average molecular weight is 466 g/mol. The topological polar surface area (TPSA) is 97.0 Å². The van der Waals surface area contributed by atoms with Gasteiger partial charge in [-0.2, -0.15) is 0 Å². The van der Waals surface area contributed by atoms with Crippen LogP contribution in [0.5, 0.6) is 0 Å². The lowest BCUT2D eigenvalue weighted by molar-refractivity contribution is -0.113. The number of carboxylic acid groups (broad SMARTS) is 1. The molecule has 1 saturated heterocycles. The highest BCUT2D eigenvalue weighted by Gasteiger charge is 2.35. The van der Waals surface area contributed by atoms with Crippen LogP contribution in [0, 0.1) is 0 Å². The summed E-state index contributed by atoms with van der Waals surface area (Å²) in [5.41, 5.74) is 1.46. The van der Waals surface area contributed by atoms with Crippen molar-refractivity contribution in [2.75, 3.05) is 12.0 Å². The average Bonchev–Trinajstić information content (AvgIpc) is 3.37. The molecule has 1 amide bonds. The lowest BCUT2D eigenvalue weighted by atomic mass is 10.1. The van der Waals surface area contributed by atoms with Gasteiger partial charge in [0.05, 0.1) is 28.8 Å². The van der Waals surface area contributed by atoms with Crippen LogP contribution in [0.1, 0.15) is 26.5 Å². The number of hydrogen-bond donors (Lipinski definition) is 1. The Hall–Kier alpha value is -3.69. The molecule has 0 unspecified atom stereocenters. The van der Waals surface area contributed by atoms with Crippen LogP contribution < -0.4 is 4.90 Å². The predicted molar refractivity (Wildman–Crippen MR) is 125 cm³/mol. The number of furan rings is 1. The summed E-state index contributed by atoms with van der Waals surface area (Å²) in [6, 6.07) is 16.3. The van der Waals surface area contributed by atoms with Crippen LogP contribution in [0.2, 0.25) is 0 Å². The van der Waals surface area contributed by atoms with Crippen LogP contribution in [0.4, 0.5) is 5.69 Å². The minimum Gasteiger partial charge on any atom is -0.478 e. The summed E-state index contributed by atoms with van der Waals surface area (Å²) in [6.45, 7) is 0. The van der Waals surface area contributed by atoms with E-state index in [2.05, 4.69) is 0 Å². The van der Waals surface area contributed by atoms with Crippen molar-refractivity contribution in [2.24, 2.45) is 0 Å². The number of methoxy groups -OCH3 is 1. The quantitative estimate of drug-likeness (QED) is 0.325. The lowest BCUT2D eigenvalue weighted by Crippen LogP contribution is -2.29. The number of aromatic carboxylic acids is 1. The number of carbonyl (C=O) groups is 3. The molecule has 32 heavy (non-hydrogen) atoms. The highest BCUT2D eigenvalue weighted by molar-refractivity contribution is 8.27. The molecule has 1 N–H and O–H groups in total. The zero-order valence-corrected chi connectivity index (χ0v) is 18.2. The third-order valence-electron chi connectivity index (χ3n) is 4.66. The molecule has 0 aliphatic carbocycles. The van der Waals surface area contributed by atoms with Gasteiger partial charge in [0.15, 0.2) is 4.32 Å². The molecule has 0 spiro atoms. The van der Waals surface area contributed by atoms with Gasteiger partial charge in [-0.1, -0.05) is 48.2 Å². The summed E-state index contributed by atoms with van der Waals surface area (Å²) < 4.78 is 10.9. The molecule has 0 bridgehead atoms. The van der Waals surface area contributed by atoms with Crippen LogP contribution in [-0.4, -0.2) is 34.4 Å². The van der Waals surface area contributed by atoms with Crippen molar-refractivity contribution in [2.45, 2.75) is 0 Å². The molecule has 1 aromatic heterocycles. The van der Waals surface area contributed by atoms with E-state index >= 15 is 0 Å². The van der Waals surface area contributed by atoms with Crippen LogP contribution in [0.3, 0.4) is 0 Å². The first-order chi connectivity index (χ1) is 15.4. The minimum absolute atomic E-state index is 0.177. The van der Waals surface area contributed by atoms with Crippen molar-refractivity contribution < 1.29 is 28.6 Å². The number of thiocarbonyl (C=S) groups is 1. The summed E-state index contributed by atoms with van der Waals surface area (Å²) in [6.07, 6.45) is 1.58. The number of carboxylic acids is 1. The number of ether oxygens (including phenoxy) is 1. The van der Waals surface area contributed by atoms with Gasteiger partial charge in [0, 0.05) is 11.6 Å². The summed E-state index contributed by atoms with van der Waals surface area (Å²) in [4.78, 5) is 37.8. The molecule has 1 aliphatic rings. The standard InChI is InChI=1S/C23H15NO6S2/c1-29-22(28)16-4-2-3-5-17(16)24-20(25)19(32-23(24)31)12-15-10-11-18(30-15)13-6-8-14(9-7-13)21(26)27/h2-12H,1H3,(H,26,27)/b19-12+. The first-order valence-corrected chi connectivity index (χ1v) is 10.5. The second-order valence-corrected chi connectivity index (χ2v) is 8.29. The smallest absolute Gasteiger partial charge is 0.339 e. The maximum absolute atomic E-state index is 13.1. The Morgan fingerprint density at radius 2 is 1.81 bits per heavy atom. The van der Waals surface area contributed by atoms with Crippen molar-refractivity contribution in [3.63, 3.8) is 0 Å². The molecule has 1 aliphatic heterocycles. The van der Waals surface area contributed by atoms with E-state index in [1.54, 1.807) is 54.6 Å². The van der Waals surface area contributed by atoms with Gasteiger partial charge >= 0.3 is 11.9 Å². The third-order valence-corrected chi connectivity index (χ3v) is 5.96. The number of hydrogen-bond acceptors (Lipinski definition) is 7. The molecule has 2 aromatic carbocycles. The molecule has 4 rings (SSSR count). The molecule has 0 radical (unpaired) electrons. The molecule has 9 heteroatoms. The van der Waals surface area contributed by atoms with Crippen molar-refractivity contribution in [1.82, 2.24) is 0 Å². The van der Waals surface area contributed by atoms with Gasteiger partial charge in [0.2, 0.25) is 0 Å². The summed E-state index contributed by atoms with van der Waals surface area (Å²) in [5.74, 6) is -0.986. The van der Waals surface area contributed by atoms with Crippen molar-refractivity contribution >= 4 is 57.9 Å². The maximum Gasteiger partial charge on any atom is 0.339 e. The van der Waals surface area contributed by atoms with Crippen molar-refractivity contribution in [3.05, 3.63) is 82.5 Å². The minimum atomic E-state index is -1.01. The first kappa shape index (κ1) is 21.5. The Morgan fingerprint density at radius 3 is 2.50 bits per heavy atom. The first-order valence-electron chi connectivity index (χ1n) is 9.28. The van der Waals surface area contributed by atoms with Crippen LogP contribution in [0.25, 0.3) is 17.4 Å². The number of amides is 1. The number of anilines is 1. The van der Waals surface area contributed by atoms with Gasteiger partial charge in [-0.3, -0.25) is 9.69 Å². The van der Waals surface area contributed by atoms with Gasteiger partial charge in [-0.25, -0.2) is 9.59 Å². The van der Waals surface area contributed by atoms with E-state index in [-0.39, 0.29) is 21.4 Å². The molecule has 0 saturated carbocycles. The Morgan fingerprint density at radius 1 is 1.09 bits per heavy atom. The van der Waals surface area contributed by atoms with Crippen molar-refractivity contribution in [3.8, 4) is 11.3 Å². The highest BCUT2D eigenvalue weighted by atomic mass is 32.2. The van der Waals surface area contributed by atoms with Crippen molar-refractivity contribution in [1.29, 1.82) is 0 Å². The fourth-order valence-electron chi connectivity index (χ4n) is 3.12. The zero-order chi connectivity index (χ0) is 22.8. The second kappa shape index (κ2) is 8.81. The fourth-order valence-corrected chi connectivity index (χ4v) is 4.38. The van der Waals surface area contributed by atoms with E-state index in [1.165, 1.54) is 24.1 Å². The van der Waals surface area contributed by atoms with E-state index in [1.807, 2.05) is 0 Å². The number of esters is 1. The second-order valence-electron chi connectivity index (χ2n) is 6.61. The Kier molecular flexibility index (Phi) is 5.93. The molecule has 7 nitrogen and oxygen atoms in total. The van der Waals surface area contributed by atoms with Gasteiger partial charge in [-0.15, -0.1) is 0 Å². The van der Waals surface area contributed by atoms with E-state index in [0.717, 1.165) is 11.8 Å². The van der Waals surface area contributed by atoms with Gasteiger partial charge in [0.1, 0.15) is 11.5 Å². The molecule has 160 valence electrons. The number of para-hydroxylation sites is 1. The van der Waals surface area contributed by atoms with E-state index < -0.39 is 11.9 Å². The number of carbonyl (C=O) groups excluding carboxylic acids is 2. The summed E-state index contributed by atoms with van der Waals surface area (Å²) in [5, 5.41) is 9.02. The molecule has 1 fully saturated rings. The summed E-state index contributed by atoms with van der Waals surface area (Å²) >= 11 is 6.49. The molecule has 0 atom stereocenters. The van der Waals surface area contributed by atoms with Gasteiger partial charge in [0.25, 0.3) is 5.91 Å². The van der Waals surface area contributed by atoms with Crippen LogP contribution >= 0.6 is 24.0 Å². The number of nitrogens with zero attached hydrogens (tertiary/aromatic N) is 1. The SMILES string of the molecule is COC(=O)c1ccccc1N1C(=O)/C(=C\c2ccc(-c3ccc(C(=O)O)cc3)o2)SC1=S. The van der Waals surface area contributed by atoms with E-state index in [0.29, 0.717) is 27.7 Å². The normalized spacial score (nSPS) is 14.8. The molecular formula is C23H15NO6S2. The largest absolute Gasteiger partial charge is 0.478 e. The number of rotatable bonds is 5. The Labute approximate surface area is 192 Å². The monoisotopic (exact) mass is 465 g/mol. The number of thioether (sulfide) groups is 1. The predicted octanol–water partition coefficient (Wildman–Crippen LogP) is 4.84. The molecular weight excluding hydrogens is 450 g/mol. The zero-order valence-electron chi connectivity index (χ0n) is 16.6. The Balaban J connectivity index is 1.61. The van der Waals surface area contributed by atoms with Crippen LogP contribution in [0.15, 0.2) is 70.0 Å². The van der Waals surface area contributed by atoms with Gasteiger partial charge in [-0.05, 0) is 36.4 Å². The lowest BCUT2D eigenvalue weighted by Gasteiger charge is -2.17. The maximum atomic E-state index is 13.1. The number of benzene rings is 2. The van der Waals surface area contributed by atoms with Gasteiger partial charge < -0.3 is 14.3 Å². The van der Waals surface area contributed by atoms with E-state index in [4.69, 9.17) is 26.5 Å².